The molecule has 0 unspecified atom stereocenters. The Labute approximate surface area is 217 Å². The van der Waals surface area contributed by atoms with Crippen LogP contribution >= 0.6 is 0 Å². The number of ether oxygens (including phenoxy) is 1. The van der Waals surface area contributed by atoms with Gasteiger partial charge in [-0.3, -0.25) is 4.79 Å². The van der Waals surface area contributed by atoms with Gasteiger partial charge in [-0.1, -0.05) is 0 Å². The summed E-state index contributed by atoms with van der Waals surface area (Å²) in [5.41, 5.74) is 1.28. The first-order chi connectivity index (χ1) is 18.3. The quantitative estimate of drug-likeness (QED) is 0.289. The summed E-state index contributed by atoms with van der Waals surface area (Å²) < 4.78 is 46.6. The van der Waals surface area contributed by atoms with Crippen LogP contribution in [0.4, 0.5) is 24.7 Å². The van der Waals surface area contributed by atoms with Gasteiger partial charge in [-0.15, -0.1) is 0 Å². The third-order valence-corrected chi connectivity index (χ3v) is 6.70. The number of hydrogen-bond donors (Lipinski definition) is 3. The molecule has 8 nitrogen and oxygen atoms in total. The van der Waals surface area contributed by atoms with Crippen molar-refractivity contribution in [1.82, 2.24) is 19.9 Å². The van der Waals surface area contributed by atoms with E-state index in [4.69, 9.17) is 4.74 Å². The van der Waals surface area contributed by atoms with Crippen LogP contribution in [0.15, 0.2) is 61.1 Å². The van der Waals surface area contributed by atoms with Gasteiger partial charge in [0.05, 0.1) is 11.1 Å². The molecule has 0 saturated carbocycles. The smallest absolute Gasteiger partial charge is 0.419 e. The van der Waals surface area contributed by atoms with E-state index in [0.29, 0.717) is 12.4 Å². The summed E-state index contributed by atoms with van der Waals surface area (Å²) in [7, 11) is 1.93. The van der Waals surface area contributed by atoms with E-state index in [1.807, 2.05) is 19.2 Å². The number of nitrogens with one attached hydrogen (secondary N) is 3. The zero-order chi connectivity index (χ0) is 26.7. The number of carbonyl (C=O) groups is 1. The van der Waals surface area contributed by atoms with Crippen molar-refractivity contribution >= 4 is 28.4 Å². The van der Waals surface area contributed by atoms with Crippen molar-refractivity contribution in [3.63, 3.8) is 0 Å². The number of likely N-dealkylation sites (tertiary alicyclic amines) is 1. The molecule has 198 valence electrons. The van der Waals surface area contributed by atoms with Gasteiger partial charge in [-0.2, -0.15) is 13.2 Å². The van der Waals surface area contributed by atoms with Crippen molar-refractivity contribution in [1.29, 1.82) is 0 Å². The fourth-order valence-electron chi connectivity index (χ4n) is 4.61. The number of amides is 1. The average molecular weight is 525 g/mol. The lowest BCUT2D eigenvalue weighted by molar-refractivity contribution is -0.139. The van der Waals surface area contributed by atoms with Gasteiger partial charge in [0, 0.05) is 48.3 Å². The lowest BCUT2D eigenvalue weighted by Gasteiger charge is -2.22. The Morgan fingerprint density at radius 2 is 2.05 bits per heavy atom. The topological polar surface area (TPSA) is 95.2 Å². The molecule has 11 heteroatoms. The first-order valence-electron chi connectivity index (χ1n) is 12.2. The van der Waals surface area contributed by atoms with E-state index in [2.05, 4.69) is 30.5 Å². The summed E-state index contributed by atoms with van der Waals surface area (Å²) in [6, 6.07) is 10.4. The predicted octanol–water partition coefficient (Wildman–Crippen LogP) is 5.31. The van der Waals surface area contributed by atoms with Crippen LogP contribution in [-0.4, -0.2) is 52.0 Å². The lowest BCUT2D eigenvalue weighted by atomic mass is 10.1. The van der Waals surface area contributed by atoms with Crippen molar-refractivity contribution in [2.45, 2.75) is 31.6 Å². The van der Waals surface area contributed by atoms with Gasteiger partial charge in [-0.05, 0) is 68.4 Å². The molecule has 0 spiro atoms. The molecule has 0 radical (unpaired) electrons. The number of alkyl halides is 3. The van der Waals surface area contributed by atoms with Gasteiger partial charge >= 0.3 is 6.18 Å². The highest BCUT2D eigenvalue weighted by Crippen LogP contribution is 2.38. The van der Waals surface area contributed by atoms with E-state index in [1.54, 1.807) is 30.7 Å². The number of hydrogen-bond acceptors (Lipinski definition) is 6. The number of nitrogens with zero attached hydrogens (tertiary/aromatic N) is 3. The van der Waals surface area contributed by atoms with Crippen molar-refractivity contribution < 1.29 is 22.7 Å². The molecule has 1 aliphatic rings. The van der Waals surface area contributed by atoms with Crippen molar-refractivity contribution in [2.75, 3.05) is 30.8 Å². The van der Waals surface area contributed by atoms with Crippen LogP contribution < -0.4 is 15.4 Å². The molecule has 3 aromatic heterocycles. The standard InChI is InChI=1S/C27H27F3N6O2/c1-36-13-3-4-19(36)16-38-23-14-18(6-7-22(23)27(28,29)30)35-26(37)21-5-2-10-31-25(21)34-15-17-8-11-32-24-20(17)9-12-33-24/h2,5-12,14,19H,3-4,13,15-16H2,1H3,(H,31,34)(H,32,33)(H,35,37)/t19-/m1/s1. The van der Waals surface area contributed by atoms with Crippen molar-refractivity contribution in [2.24, 2.45) is 0 Å². The minimum atomic E-state index is -4.59. The monoisotopic (exact) mass is 524 g/mol. The Morgan fingerprint density at radius 1 is 1.18 bits per heavy atom. The summed E-state index contributed by atoms with van der Waals surface area (Å²) in [5, 5.41) is 6.82. The summed E-state index contributed by atoms with van der Waals surface area (Å²) in [5.74, 6) is -0.477. The molecule has 0 aliphatic carbocycles. The van der Waals surface area contributed by atoms with Gasteiger partial charge < -0.3 is 25.3 Å². The Bertz CT molecular complexity index is 1440. The Balaban J connectivity index is 1.32. The van der Waals surface area contributed by atoms with E-state index in [0.717, 1.165) is 42.0 Å². The third kappa shape index (κ3) is 5.57. The number of fused-ring (bicyclic) bond motifs is 1. The van der Waals surface area contributed by atoms with Gasteiger partial charge in [0.15, 0.2) is 0 Å². The average Bonchev–Trinajstić information content (AvgIpc) is 3.54. The zero-order valence-corrected chi connectivity index (χ0v) is 20.7. The highest BCUT2D eigenvalue weighted by molar-refractivity contribution is 6.07. The molecule has 5 rings (SSSR count). The van der Waals surface area contributed by atoms with E-state index >= 15 is 0 Å². The minimum absolute atomic E-state index is 0.0475. The molecule has 1 saturated heterocycles. The van der Waals surface area contributed by atoms with Gasteiger partial charge in [-0.25, -0.2) is 9.97 Å². The molecule has 1 aromatic carbocycles. The number of halogens is 3. The number of pyridine rings is 2. The minimum Gasteiger partial charge on any atom is -0.491 e. The first-order valence-corrected chi connectivity index (χ1v) is 12.2. The Hall–Kier alpha value is -4.12. The van der Waals surface area contributed by atoms with Crippen LogP contribution in [0.5, 0.6) is 5.75 Å². The summed E-state index contributed by atoms with van der Waals surface area (Å²) >= 11 is 0. The van der Waals surface area contributed by atoms with Crippen molar-refractivity contribution in [3.05, 3.63) is 77.7 Å². The summed E-state index contributed by atoms with van der Waals surface area (Å²) in [4.78, 5) is 26.8. The molecule has 4 aromatic rings. The van der Waals surface area contributed by atoms with Crippen LogP contribution in [0, 0.1) is 0 Å². The van der Waals surface area contributed by atoms with Crippen LogP contribution in [0.1, 0.15) is 34.3 Å². The molecule has 0 bridgehead atoms. The fraction of sp³-hybridized carbons (Fsp3) is 0.296. The molecule has 38 heavy (non-hydrogen) atoms. The maximum atomic E-state index is 13.6. The molecule has 1 atom stereocenters. The number of likely N-dealkylation sites (N-methyl/N-ethyl adjacent to an activating group) is 1. The number of benzene rings is 1. The number of rotatable bonds is 8. The van der Waals surface area contributed by atoms with Crippen LogP contribution in [-0.2, 0) is 12.7 Å². The molecule has 3 N–H and O–H groups in total. The zero-order valence-electron chi connectivity index (χ0n) is 20.7. The van der Waals surface area contributed by atoms with Crippen LogP contribution in [0.3, 0.4) is 0 Å². The maximum Gasteiger partial charge on any atom is 0.419 e. The highest BCUT2D eigenvalue weighted by atomic mass is 19.4. The fourth-order valence-corrected chi connectivity index (χ4v) is 4.61. The second-order valence-electron chi connectivity index (χ2n) is 9.21. The number of anilines is 2. The second kappa shape index (κ2) is 10.7. The molecule has 4 heterocycles. The number of carbonyl (C=O) groups excluding carboxylic acids is 1. The summed E-state index contributed by atoms with van der Waals surface area (Å²) in [6.07, 6.45) is 2.30. The highest BCUT2D eigenvalue weighted by Gasteiger charge is 2.35. The van der Waals surface area contributed by atoms with E-state index < -0.39 is 17.6 Å². The lowest BCUT2D eigenvalue weighted by Crippen LogP contribution is -2.31. The molecular weight excluding hydrogens is 497 g/mol. The van der Waals surface area contributed by atoms with Gasteiger partial charge in [0.25, 0.3) is 5.91 Å². The van der Waals surface area contributed by atoms with E-state index in [9.17, 15) is 18.0 Å². The van der Waals surface area contributed by atoms with Gasteiger partial charge in [0.2, 0.25) is 0 Å². The predicted molar refractivity (Wildman–Crippen MR) is 138 cm³/mol. The number of aromatic amines is 1. The molecular formula is C27H27F3N6O2. The first kappa shape index (κ1) is 25.5. The third-order valence-electron chi connectivity index (χ3n) is 6.70. The number of aromatic nitrogens is 3. The van der Waals surface area contributed by atoms with E-state index in [-0.39, 0.29) is 29.6 Å². The molecule has 1 aliphatic heterocycles. The summed E-state index contributed by atoms with van der Waals surface area (Å²) in [6.45, 7) is 1.41. The molecule has 1 fully saturated rings. The maximum absolute atomic E-state index is 13.6. The second-order valence-corrected chi connectivity index (χ2v) is 9.21. The van der Waals surface area contributed by atoms with Crippen molar-refractivity contribution in [3.8, 4) is 5.75 Å². The Kier molecular flexibility index (Phi) is 7.19. The van der Waals surface area contributed by atoms with Gasteiger partial charge in [0.1, 0.15) is 23.8 Å². The Morgan fingerprint density at radius 3 is 2.84 bits per heavy atom. The normalized spacial score (nSPS) is 16.1. The van der Waals surface area contributed by atoms with Crippen LogP contribution in [0.25, 0.3) is 11.0 Å². The molecule has 1 amide bonds. The largest absolute Gasteiger partial charge is 0.491 e. The SMILES string of the molecule is CN1CCC[C@@H]1COc1cc(NC(=O)c2cccnc2NCc2ccnc3[nH]ccc23)ccc1C(F)(F)F. The number of H-pyrrole nitrogens is 1. The van der Waals surface area contributed by atoms with Crippen LogP contribution in [0.2, 0.25) is 0 Å². The van der Waals surface area contributed by atoms with E-state index in [1.165, 1.54) is 12.1 Å².